The first kappa shape index (κ1) is 25.4. The van der Waals surface area contributed by atoms with Crippen LogP contribution in [0.2, 0.25) is 0 Å². The Hall–Kier alpha value is -3.23. The van der Waals surface area contributed by atoms with Crippen LogP contribution in [0.5, 0.6) is 5.75 Å². The third kappa shape index (κ3) is 6.01. The van der Waals surface area contributed by atoms with Gasteiger partial charge < -0.3 is 10.1 Å². The molecular formula is C26H31N3O4S. The molecule has 1 unspecified atom stereocenters. The highest BCUT2D eigenvalue weighted by atomic mass is 32.2. The molecule has 1 N–H and O–H groups in total. The molecule has 0 bridgehead atoms. The number of hydrogen-bond acceptors (Lipinski definition) is 5. The van der Waals surface area contributed by atoms with Gasteiger partial charge in [0.15, 0.2) is 0 Å². The van der Waals surface area contributed by atoms with E-state index < -0.39 is 10.0 Å². The highest BCUT2D eigenvalue weighted by molar-refractivity contribution is 7.89. The maximum Gasteiger partial charge on any atom is 0.252 e. The van der Waals surface area contributed by atoms with Crippen molar-refractivity contribution in [2.75, 3.05) is 13.1 Å². The minimum atomic E-state index is -3.65. The molecule has 0 fully saturated rings. The molecule has 3 rings (SSSR count). The van der Waals surface area contributed by atoms with Gasteiger partial charge in [-0.25, -0.2) is 8.42 Å². The Morgan fingerprint density at radius 1 is 1.09 bits per heavy atom. The second-order valence-corrected chi connectivity index (χ2v) is 9.92. The molecule has 1 amide bonds. The van der Waals surface area contributed by atoms with E-state index in [2.05, 4.69) is 10.3 Å². The Labute approximate surface area is 201 Å². The summed E-state index contributed by atoms with van der Waals surface area (Å²) in [6, 6.07) is 15.7. The van der Waals surface area contributed by atoms with Gasteiger partial charge in [0.1, 0.15) is 12.4 Å². The lowest BCUT2D eigenvalue weighted by molar-refractivity contribution is 0.0939. The molecule has 1 heterocycles. The molecule has 0 aliphatic carbocycles. The van der Waals surface area contributed by atoms with Crippen LogP contribution in [0.1, 0.15) is 53.9 Å². The first-order valence-corrected chi connectivity index (χ1v) is 12.7. The largest absolute Gasteiger partial charge is 0.489 e. The van der Waals surface area contributed by atoms with Crippen LogP contribution in [-0.2, 0) is 16.6 Å². The number of sulfonamides is 1. The number of rotatable bonds is 10. The molecular weight excluding hydrogens is 450 g/mol. The van der Waals surface area contributed by atoms with Crippen LogP contribution in [0.15, 0.2) is 71.9 Å². The number of aryl methyl sites for hydroxylation is 1. The van der Waals surface area contributed by atoms with E-state index in [0.717, 1.165) is 16.9 Å². The van der Waals surface area contributed by atoms with Gasteiger partial charge in [0, 0.05) is 36.6 Å². The zero-order valence-electron chi connectivity index (χ0n) is 20.0. The van der Waals surface area contributed by atoms with Gasteiger partial charge in [-0.15, -0.1) is 0 Å². The Morgan fingerprint density at radius 2 is 1.79 bits per heavy atom. The van der Waals surface area contributed by atoms with E-state index in [1.165, 1.54) is 10.4 Å². The van der Waals surface area contributed by atoms with Crippen LogP contribution in [0, 0.1) is 6.92 Å². The Kier molecular flexibility index (Phi) is 8.41. The van der Waals surface area contributed by atoms with Gasteiger partial charge in [0.05, 0.1) is 10.9 Å². The lowest BCUT2D eigenvalue weighted by atomic mass is 10.1. The number of hydrogen-bond donors (Lipinski definition) is 1. The van der Waals surface area contributed by atoms with E-state index in [1.807, 2.05) is 43.3 Å². The summed E-state index contributed by atoms with van der Waals surface area (Å²) in [6.45, 7) is 8.42. The second kappa shape index (κ2) is 11.3. The monoisotopic (exact) mass is 481 g/mol. The van der Waals surface area contributed by atoms with Crippen LogP contribution < -0.4 is 10.1 Å². The van der Waals surface area contributed by atoms with Gasteiger partial charge in [-0.05, 0) is 55.3 Å². The summed E-state index contributed by atoms with van der Waals surface area (Å²) in [7, 11) is -3.65. The second-order valence-electron chi connectivity index (χ2n) is 7.98. The highest BCUT2D eigenvalue weighted by Crippen LogP contribution is 2.22. The molecule has 0 radical (unpaired) electrons. The number of aromatic nitrogens is 1. The topological polar surface area (TPSA) is 88.6 Å². The van der Waals surface area contributed by atoms with Crippen LogP contribution in [0.4, 0.5) is 0 Å². The van der Waals surface area contributed by atoms with E-state index in [-0.39, 0.29) is 16.8 Å². The van der Waals surface area contributed by atoms with E-state index in [0.29, 0.717) is 30.8 Å². The lowest BCUT2D eigenvalue weighted by Gasteiger charge is -2.20. The molecule has 0 saturated carbocycles. The van der Waals surface area contributed by atoms with Crippen LogP contribution in [0.3, 0.4) is 0 Å². The van der Waals surface area contributed by atoms with Crippen molar-refractivity contribution in [1.29, 1.82) is 0 Å². The minimum absolute atomic E-state index is 0.120. The normalized spacial score (nSPS) is 12.4. The van der Waals surface area contributed by atoms with Crippen molar-refractivity contribution < 1.29 is 17.9 Å². The van der Waals surface area contributed by atoms with E-state index >= 15 is 0 Å². The molecule has 8 heteroatoms. The maximum atomic E-state index is 13.0. The van der Waals surface area contributed by atoms with Crippen LogP contribution in [0.25, 0.3) is 0 Å². The quantitative estimate of drug-likeness (QED) is 0.461. The Bertz CT molecular complexity index is 1210. The fourth-order valence-electron chi connectivity index (χ4n) is 3.58. The highest BCUT2D eigenvalue weighted by Gasteiger charge is 2.24. The van der Waals surface area contributed by atoms with Crippen molar-refractivity contribution in [2.24, 2.45) is 0 Å². The van der Waals surface area contributed by atoms with Gasteiger partial charge in [-0.2, -0.15) is 4.31 Å². The SMILES string of the molecule is CCN(CC)S(=O)(=O)c1ccc(C)c(C(=O)NC(C)c2ccc(OCc3cccnc3)cc2)c1. The molecule has 3 aromatic rings. The fraction of sp³-hybridized carbons (Fsp3) is 0.308. The number of ether oxygens (including phenoxy) is 1. The summed E-state index contributed by atoms with van der Waals surface area (Å²) in [5, 5.41) is 2.97. The lowest BCUT2D eigenvalue weighted by Crippen LogP contribution is -2.31. The molecule has 0 aliphatic heterocycles. The van der Waals surface area contributed by atoms with Crippen molar-refractivity contribution in [3.8, 4) is 5.75 Å². The van der Waals surface area contributed by atoms with Gasteiger partial charge in [-0.1, -0.05) is 38.1 Å². The Balaban J connectivity index is 1.69. The molecule has 0 spiro atoms. The minimum Gasteiger partial charge on any atom is -0.489 e. The third-order valence-corrected chi connectivity index (χ3v) is 7.70. The van der Waals surface area contributed by atoms with E-state index in [4.69, 9.17) is 4.74 Å². The molecule has 0 saturated heterocycles. The average Bonchev–Trinajstić information content (AvgIpc) is 2.84. The number of carbonyl (C=O) groups excluding carboxylic acids is 1. The van der Waals surface area contributed by atoms with Gasteiger partial charge >= 0.3 is 0 Å². The number of pyridine rings is 1. The van der Waals surface area contributed by atoms with Crippen molar-refractivity contribution in [3.05, 3.63) is 89.2 Å². The molecule has 2 aromatic carbocycles. The standard InChI is InChI=1S/C26H31N3O4S/c1-5-29(6-2)34(31,32)24-14-9-19(3)25(16-24)26(30)28-20(4)22-10-12-23(13-11-22)33-18-21-8-7-15-27-17-21/h7-17,20H,5-6,18H2,1-4H3,(H,28,30). The zero-order valence-corrected chi connectivity index (χ0v) is 20.8. The zero-order chi connectivity index (χ0) is 24.7. The predicted octanol–water partition coefficient (Wildman–Crippen LogP) is 4.49. The maximum absolute atomic E-state index is 13.0. The first-order chi connectivity index (χ1) is 16.3. The molecule has 1 atom stereocenters. The number of carbonyl (C=O) groups is 1. The fourth-order valence-corrected chi connectivity index (χ4v) is 5.06. The number of benzene rings is 2. The molecule has 0 aliphatic rings. The predicted molar refractivity (Wildman–Crippen MR) is 132 cm³/mol. The summed E-state index contributed by atoms with van der Waals surface area (Å²) in [6.07, 6.45) is 3.48. The van der Waals surface area contributed by atoms with Crippen LogP contribution in [-0.4, -0.2) is 36.7 Å². The third-order valence-electron chi connectivity index (χ3n) is 5.65. The van der Waals surface area contributed by atoms with Gasteiger partial charge in [0.2, 0.25) is 10.0 Å². The smallest absolute Gasteiger partial charge is 0.252 e. The van der Waals surface area contributed by atoms with Crippen LogP contribution >= 0.6 is 0 Å². The summed E-state index contributed by atoms with van der Waals surface area (Å²) in [5.41, 5.74) is 2.94. The molecule has 34 heavy (non-hydrogen) atoms. The van der Waals surface area contributed by atoms with Crippen molar-refractivity contribution in [3.63, 3.8) is 0 Å². The number of nitrogens with zero attached hydrogens (tertiary/aromatic N) is 2. The van der Waals surface area contributed by atoms with E-state index in [1.54, 1.807) is 45.3 Å². The Morgan fingerprint density at radius 3 is 2.41 bits per heavy atom. The number of amides is 1. The van der Waals surface area contributed by atoms with Crippen molar-refractivity contribution in [1.82, 2.24) is 14.6 Å². The van der Waals surface area contributed by atoms with E-state index in [9.17, 15) is 13.2 Å². The molecule has 180 valence electrons. The first-order valence-electron chi connectivity index (χ1n) is 11.3. The average molecular weight is 482 g/mol. The molecule has 1 aromatic heterocycles. The summed E-state index contributed by atoms with van der Waals surface area (Å²) in [5.74, 6) is 0.398. The summed E-state index contributed by atoms with van der Waals surface area (Å²) < 4.78 is 32.9. The molecule has 7 nitrogen and oxygen atoms in total. The summed E-state index contributed by atoms with van der Waals surface area (Å²) in [4.78, 5) is 17.2. The number of nitrogens with one attached hydrogen (secondary N) is 1. The summed E-state index contributed by atoms with van der Waals surface area (Å²) >= 11 is 0. The van der Waals surface area contributed by atoms with Crippen molar-refractivity contribution in [2.45, 2.75) is 45.2 Å². The van der Waals surface area contributed by atoms with Gasteiger partial charge in [0.25, 0.3) is 5.91 Å². The van der Waals surface area contributed by atoms with Gasteiger partial charge in [-0.3, -0.25) is 9.78 Å². The van der Waals surface area contributed by atoms with Crippen molar-refractivity contribution >= 4 is 15.9 Å².